The summed E-state index contributed by atoms with van der Waals surface area (Å²) in [7, 11) is -3.85. The van der Waals surface area contributed by atoms with Crippen LogP contribution in [0, 0.1) is 0 Å². The monoisotopic (exact) mass is 597 g/mol. The Morgan fingerprint density at radius 3 is 2.42 bits per heavy atom. The number of hydrogen-bond donors (Lipinski definition) is 1. The Labute approximate surface area is 235 Å². The van der Waals surface area contributed by atoms with Gasteiger partial charge in [0, 0.05) is 18.3 Å². The van der Waals surface area contributed by atoms with Gasteiger partial charge in [-0.15, -0.1) is 0 Å². The number of carbonyl (C=O) groups is 1. The molecule has 0 saturated carbocycles. The Balaban J connectivity index is 1.29. The molecule has 0 bridgehead atoms. The Hall–Kier alpha value is -3.19. The van der Waals surface area contributed by atoms with Crippen LogP contribution in [0.25, 0.3) is 0 Å². The number of nitrogens with one attached hydrogen (secondary N) is 1. The summed E-state index contributed by atoms with van der Waals surface area (Å²) in [6.07, 6.45) is -2.17. The SMILES string of the molecule is CC(=O)c1ccc(OCCCN2CCCC2NS(=O)(=O)c2ccc(Oc3ncc(C(F)(F)F)cc3Cl)cc2)cc1. The molecular formula is C27H27ClF3N3O5S. The van der Waals surface area contributed by atoms with E-state index in [1.807, 2.05) is 0 Å². The van der Waals surface area contributed by atoms with Crippen molar-refractivity contribution in [1.82, 2.24) is 14.6 Å². The molecule has 2 heterocycles. The fourth-order valence-electron chi connectivity index (χ4n) is 4.17. The molecule has 1 aliphatic rings. The number of carbonyl (C=O) groups excluding carboxylic acids is 1. The first-order valence-electron chi connectivity index (χ1n) is 12.4. The summed E-state index contributed by atoms with van der Waals surface area (Å²) in [5, 5.41) is -0.328. The molecule has 3 aromatic rings. The minimum absolute atomic E-state index is 0.00974. The average Bonchev–Trinajstić information content (AvgIpc) is 3.33. The van der Waals surface area contributed by atoms with E-state index in [-0.39, 0.29) is 33.5 Å². The van der Waals surface area contributed by atoms with Crippen LogP contribution in [0.15, 0.2) is 65.7 Å². The van der Waals surface area contributed by atoms with Gasteiger partial charge in [-0.2, -0.15) is 17.9 Å². The van der Waals surface area contributed by atoms with Crippen molar-refractivity contribution < 1.29 is 35.9 Å². The predicted octanol–water partition coefficient (Wildman–Crippen LogP) is 5.92. The number of alkyl halides is 3. The molecule has 1 N–H and O–H groups in total. The van der Waals surface area contributed by atoms with E-state index in [2.05, 4.69) is 14.6 Å². The highest BCUT2D eigenvalue weighted by Gasteiger charge is 2.32. The summed E-state index contributed by atoms with van der Waals surface area (Å²) in [4.78, 5) is 17.1. The van der Waals surface area contributed by atoms with Gasteiger partial charge >= 0.3 is 6.18 Å². The standard InChI is InChI=1S/C27H27ClF3N3O5S/c1-18(35)19-5-7-21(8-6-19)38-15-3-14-34-13-2-4-25(34)33-40(36,37)23-11-9-22(10-12-23)39-26-24(28)16-20(17-32-26)27(29,30)31/h5-12,16-17,25,33H,2-4,13-15H2,1H3. The lowest BCUT2D eigenvalue weighted by atomic mass is 10.1. The van der Waals surface area contributed by atoms with Crippen molar-refractivity contribution in [1.29, 1.82) is 0 Å². The smallest absolute Gasteiger partial charge is 0.417 e. The van der Waals surface area contributed by atoms with Gasteiger partial charge in [0.1, 0.15) is 16.5 Å². The Bertz CT molecular complexity index is 1440. The lowest BCUT2D eigenvalue weighted by Gasteiger charge is -2.25. The molecule has 1 aliphatic heterocycles. The van der Waals surface area contributed by atoms with Crippen LogP contribution in [0.5, 0.6) is 17.4 Å². The van der Waals surface area contributed by atoms with Gasteiger partial charge in [0.2, 0.25) is 15.9 Å². The molecule has 1 fully saturated rings. The Morgan fingerprint density at radius 2 is 1.80 bits per heavy atom. The first-order chi connectivity index (χ1) is 18.9. The van der Waals surface area contributed by atoms with Crippen molar-refractivity contribution in [2.45, 2.75) is 43.4 Å². The minimum Gasteiger partial charge on any atom is -0.494 e. The molecule has 0 amide bonds. The third-order valence-electron chi connectivity index (χ3n) is 6.26. The molecule has 0 aliphatic carbocycles. The number of aromatic nitrogens is 1. The molecule has 2 aromatic carbocycles. The minimum atomic E-state index is -4.59. The van der Waals surface area contributed by atoms with Crippen LogP contribution in [0.3, 0.4) is 0 Å². The number of rotatable bonds is 11. The summed E-state index contributed by atoms with van der Waals surface area (Å²) in [6.45, 7) is 3.32. The quantitative estimate of drug-likeness (QED) is 0.216. The number of ether oxygens (including phenoxy) is 2. The molecule has 40 heavy (non-hydrogen) atoms. The second-order valence-electron chi connectivity index (χ2n) is 9.18. The molecule has 214 valence electrons. The zero-order valence-electron chi connectivity index (χ0n) is 21.4. The van der Waals surface area contributed by atoms with E-state index >= 15 is 0 Å². The van der Waals surface area contributed by atoms with Crippen LogP contribution in [0.4, 0.5) is 13.2 Å². The summed E-state index contributed by atoms with van der Waals surface area (Å²) in [5.41, 5.74) is -0.395. The summed E-state index contributed by atoms with van der Waals surface area (Å²) in [6, 6.07) is 13.0. The van der Waals surface area contributed by atoms with Crippen molar-refractivity contribution in [3.8, 4) is 17.4 Å². The van der Waals surface area contributed by atoms with Crippen LogP contribution < -0.4 is 14.2 Å². The van der Waals surface area contributed by atoms with Crippen LogP contribution >= 0.6 is 11.6 Å². The summed E-state index contributed by atoms with van der Waals surface area (Å²) >= 11 is 5.87. The number of Topliss-reactive ketones (excluding diaryl/α,β-unsaturated/α-hetero) is 1. The first-order valence-corrected chi connectivity index (χ1v) is 14.3. The Kier molecular flexibility index (Phi) is 9.34. The van der Waals surface area contributed by atoms with E-state index in [0.29, 0.717) is 49.6 Å². The van der Waals surface area contributed by atoms with E-state index in [1.54, 1.807) is 24.3 Å². The first kappa shape index (κ1) is 29.8. The second kappa shape index (κ2) is 12.5. The van der Waals surface area contributed by atoms with Crippen molar-refractivity contribution in [3.63, 3.8) is 0 Å². The average molecular weight is 598 g/mol. The lowest BCUT2D eigenvalue weighted by Crippen LogP contribution is -2.44. The van der Waals surface area contributed by atoms with Gasteiger partial charge in [-0.3, -0.25) is 9.69 Å². The number of hydrogen-bond acceptors (Lipinski definition) is 7. The van der Waals surface area contributed by atoms with Gasteiger partial charge in [-0.1, -0.05) is 11.6 Å². The summed E-state index contributed by atoms with van der Waals surface area (Å²) < 4.78 is 78.4. The molecule has 0 radical (unpaired) electrons. The summed E-state index contributed by atoms with van der Waals surface area (Å²) in [5.74, 6) is 0.569. The molecule has 4 rings (SSSR count). The normalized spacial score (nSPS) is 16.2. The maximum absolute atomic E-state index is 13.0. The zero-order chi connectivity index (χ0) is 28.9. The lowest BCUT2D eigenvalue weighted by molar-refractivity contribution is -0.137. The van der Waals surface area contributed by atoms with Crippen LogP contribution in [-0.2, 0) is 16.2 Å². The number of sulfonamides is 1. The maximum atomic E-state index is 13.0. The number of ketones is 1. The van der Waals surface area contributed by atoms with E-state index in [1.165, 1.54) is 31.2 Å². The number of pyridine rings is 1. The highest BCUT2D eigenvalue weighted by molar-refractivity contribution is 7.89. The number of halogens is 4. The van der Waals surface area contributed by atoms with Crippen molar-refractivity contribution in [2.24, 2.45) is 0 Å². The number of nitrogens with zero attached hydrogens (tertiary/aromatic N) is 2. The second-order valence-corrected chi connectivity index (χ2v) is 11.3. The predicted molar refractivity (Wildman–Crippen MR) is 142 cm³/mol. The van der Waals surface area contributed by atoms with E-state index in [0.717, 1.165) is 13.0 Å². The van der Waals surface area contributed by atoms with Gasteiger partial charge in [0.25, 0.3) is 0 Å². The molecule has 1 unspecified atom stereocenters. The van der Waals surface area contributed by atoms with E-state index in [4.69, 9.17) is 21.1 Å². The Morgan fingerprint density at radius 1 is 1.12 bits per heavy atom. The highest BCUT2D eigenvalue weighted by Crippen LogP contribution is 2.34. The topological polar surface area (TPSA) is 97.8 Å². The highest BCUT2D eigenvalue weighted by atomic mass is 35.5. The molecule has 1 atom stereocenters. The van der Waals surface area contributed by atoms with Crippen molar-refractivity contribution >= 4 is 27.4 Å². The molecule has 1 aromatic heterocycles. The van der Waals surface area contributed by atoms with Gasteiger partial charge in [0.05, 0.1) is 23.2 Å². The van der Waals surface area contributed by atoms with Crippen LogP contribution in [0.2, 0.25) is 5.02 Å². The van der Waals surface area contributed by atoms with Gasteiger partial charge in [-0.25, -0.2) is 13.4 Å². The number of benzene rings is 2. The maximum Gasteiger partial charge on any atom is 0.417 e. The fourth-order valence-corrected chi connectivity index (χ4v) is 5.63. The third kappa shape index (κ3) is 7.72. The molecule has 13 heteroatoms. The van der Waals surface area contributed by atoms with Gasteiger partial charge < -0.3 is 9.47 Å². The largest absolute Gasteiger partial charge is 0.494 e. The molecule has 8 nitrogen and oxygen atoms in total. The van der Waals surface area contributed by atoms with Crippen molar-refractivity contribution in [3.05, 3.63) is 76.9 Å². The molecule has 1 saturated heterocycles. The van der Waals surface area contributed by atoms with Gasteiger partial charge in [-0.05, 0) is 87.3 Å². The van der Waals surface area contributed by atoms with Crippen LogP contribution in [0.1, 0.15) is 42.1 Å². The zero-order valence-corrected chi connectivity index (χ0v) is 23.0. The van der Waals surface area contributed by atoms with E-state index in [9.17, 15) is 26.4 Å². The molecule has 0 spiro atoms. The van der Waals surface area contributed by atoms with Crippen LogP contribution in [-0.4, -0.2) is 49.9 Å². The van der Waals surface area contributed by atoms with Gasteiger partial charge in [0.15, 0.2) is 5.78 Å². The molecular weight excluding hydrogens is 571 g/mol. The third-order valence-corrected chi connectivity index (χ3v) is 8.00. The van der Waals surface area contributed by atoms with Crippen molar-refractivity contribution in [2.75, 3.05) is 19.7 Å². The number of likely N-dealkylation sites (tertiary alicyclic amines) is 1. The fraction of sp³-hybridized carbons (Fsp3) is 0.333. The van der Waals surface area contributed by atoms with E-state index < -0.39 is 21.8 Å².